The van der Waals surface area contributed by atoms with Crippen LogP contribution in [0.4, 0.5) is 8.78 Å². The van der Waals surface area contributed by atoms with Gasteiger partial charge < -0.3 is 9.32 Å². The van der Waals surface area contributed by atoms with Crippen molar-refractivity contribution in [3.8, 4) is 10.4 Å². The minimum atomic E-state index is -0.347. The van der Waals surface area contributed by atoms with Crippen LogP contribution in [-0.2, 0) is 6.42 Å². The van der Waals surface area contributed by atoms with Crippen molar-refractivity contribution in [2.75, 3.05) is 6.54 Å². The Hall–Kier alpha value is -3.13. The summed E-state index contributed by atoms with van der Waals surface area (Å²) >= 11 is 1.44. The average Bonchev–Trinajstić information content (AvgIpc) is 3.40. The van der Waals surface area contributed by atoms with E-state index in [1.165, 1.54) is 35.6 Å². The van der Waals surface area contributed by atoms with Gasteiger partial charge in [-0.3, -0.25) is 4.79 Å². The highest BCUT2D eigenvalue weighted by Gasteiger charge is 2.34. The standard InChI is InChI=1S/C26H25F2N3O2S/c1-15-4-3-13-31(21(15)10-12-23-30-20-14-19(28)9-11-22(20)33-23)26(32)24-25(34-16(2)29-24)17-5-7-18(27)8-6-17/h5-9,11,14-15,21H,3-4,10,12-13H2,1-2H3/t15-,21-/m1/s1. The van der Waals surface area contributed by atoms with E-state index in [1.807, 2.05) is 11.8 Å². The summed E-state index contributed by atoms with van der Waals surface area (Å²) in [5.74, 6) is 0.0981. The maximum absolute atomic E-state index is 13.7. The number of thiazole rings is 1. The van der Waals surface area contributed by atoms with E-state index in [0.29, 0.717) is 48.0 Å². The molecule has 5 nitrogen and oxygen atoms in total. The van der Waals surface area contributed by atoms with Crippen molar-refractivity contribution < 1.29 is 18.0 Å². The Morgan fingerprint density at radius 1 is 1.15 bits per heavy atom. The highest BCUT2D eigenvalue weighted by molar-refractivity contribution is 7.15. The number of benzene rings is 2. The van der Waals surface area contributed by atoms with Crippen LogP contribution in [0.2, 0.25) is 0 Å². The van der Waals surface area contributed by atoms with Gasteiger partial charge in [-0.15, -0.1) is 11.3 Å². The summed E-state index contributed by atoms with van der Waals surface area (Å²) in [6.07, 6.45) is 3.21. The number of oxazole rings is 1. The van der Waals surface area contributed by atoms with E-state index in [2.05, 4.69) is 16.9 Å². The minimum absolute atomic E-state index is 0.0103. The number of aromatic nitrogens is 2. The summed E-state index contributed by atoms with van der Waals surface area (Å²) in [6.45, 7) is 4.70. The first-order valence-electron chi connectivity index (χ1n) is 11.5. The highest BCUT2D eigenvalue weighted by Crippen LogP contribution is 2.34. The smallest absolute Gasteiger partial charge is 0.274 e. The zero-order valence-corrected chi connectivity index (χ0v) is 19.9. The van der Waals surface area contributed by atoms with Gasteiger partial charge in [0.1, 0.15) is 22.8 Å². The van der Waals surface area contributed by atoms with Crippen molar-refractivity contribution in [2.45, 2.75) is 45.6 Å². The molecular formula is C26H25F2N3O2S. The fourth-order valence-corrected chi connectivity index (χ4v) is 5.69. The average molecular weight is 482 g/mol. The van der Waals surface area contributed by atoms with E-state index >= 15 is 0 Å². The van der Waals surface area contributed by atoms with E-state index < -0.39 is 0 Å². The molecule has 0 N–H and O–H groups in total. The van der Waals surface area contributed by atoms with Crippen molar-refractivity contribution in [2.24, 2.45) is 5.92 Å². The molecule has 1 aliphatic rings. The third-order valence-corrected chi connectivity index (χ3v) is 7.49. The van der Waals surface area contributed by atoms with Crippen LogP contribution in [-0.4, -0.2) is 33.4 Å². The lowest BCUT2D eigenvalue weighted by Crippen LogP contribution is -2.48. The Balaban J connectivity index is 1.39. The third-order valence-electron chi connectivity index (χ3n) is 6.47. The van der Waals surface area contributed by atoms with Crippen LogP contribution in [0.25, 0.3) is 21.5 Å². The number of carbonyl (C=O) groups excluding carboxylic acids is 1. The molecule has 1 fully saturated rings. The van der Waals surface area contributed by atoms with Gasteiger partial charge in [0.2, 0.25) is 0 Å². The molecule has 0 aliphatic carbocycles. The number of hydrogen-bond acceptors (Lipinski definition) is 5. The highest BCUT2D eigenvalue weighted by atomic mass is 32.1. The van der Waals surface area contributed by atoms with E-state index in [0.717, 1.165) is 28.3 Å². The molecule has 2 atom stereocenters. The molecule has 2 aromatic heterocycles. The van der Waals surface area contributed by atoms with Gasteiger partial charge in [-0.05, 0) is 61.9 Å². The number of carbonyl (C=O) groups is 1. The van der Waals surface area contributed by atoms with Gasteiger partial charge in [-0.1, -0.05) is 19.1 Å². The second kappa shape index (κ2) is 9.25. The van der Waals surface area contributed by atoms with Crippen LogP contribution < -0.4 is 0 Å². The number of piperidine rings is 1. The van der Waals surface area contributed by atoms with Gasteiger partial charge in [-0.2, -0.15) is 0 Å². The predicted octanol–water partition coefficient (Wildman–Crippen LogP) is 6.41. The summed E-state index contributed by atoms with van der Waals surface area (Å²) < 4.78 is 32.7. The van der Waals surface area contributed by atoms with Crippen molar-refractivity contribution >= 4 is 28.3 Å². The second-order valence-corrected chi connectivity index (χ2v) is 10.1. The number of aryl methyl sites for hydroxylation is 2. The molecule has 0 radical (unpaired) electrons. The predicted molar refractivity (Wildman–Crippen MR) is 128 cm³/mol. The van der Waals surface area contributed by atoms with E-state index in [-0.39, 0.29) is 23.6 Å². The first-order chi connectivity index (χ1) is 16.4. The Kier molecular flexibility index (Phi) is 6.16. The van der Waals surface area contributed by atoms with E-state index in [4.69, 9.17) is 4.42 Å². The molecule has 4 aromatic rings. The van der Waals surface area contributed by atoms with Crippen LogP contribution in [0, 0.1) is 24.5 Å². The number of rotatable bonds is 5. The molecule has 0 spiro atoms. The maximum Gasteiger partial charge on any atom is 0.274 e. The third kappa shape index (κ3) is 4.46. The molecule has 3 heterocycles. The van der Waals surface area contributed by atoms with Crippen molar-refractivity contribution in [1.82, 2.24) is 14.9 Å². The Morgan fingerprint density at radius 2 is 1.91 bits per heavy atom. The number of amides is 1. The largest absolute Gasteiger partial charge is 0.441 e. The molecule has 0 bridgehead atoms. The SMILES string of the molecule is Cc1nc(C(=O)N2CCC[C@@H](C)[C@H]2CCc2nc3cc(F)ccc3o2)c(-c2ccc(F)cc2)s1. The topological polar surface area (TPSA) is 59.2 Å². The zero-order chi connectivity index (χ0) is 23.8. The monoisotopic (exact) mass is 481 g/mol. The van der Waals surface area contributed by atoms with Gasteiger partial charge in [0, 0.05) is 25.1 Å². The van der Waals surface area contributed by atoms with Gasteiger partial charge in [0.05, 0.1) is 9.88 Å². The Morgan fingerprint density at radius 3 is 2.71 bits per heavy atom. The van der Waals surface area contributed by atoms with Crippen LogP contribution in [0.3, 0.4) is 0 Å². The summed E-state index contributed by atoms with van der Waals surface area (Å²) in [5, 5.41) is 0.794. The molecule has 0 saturated carbocycles. The van der Waals surface area contributed by atoms with Crippen LogP contribution in [0.1, 0.15) is 47.6 Å². The summed E-state index contributed by atoms with van der Waals surface area (Å²) in [5.41, 5.74) is 2.27. The Labute approximate surface area is 200 Å². The van der Waals surface area contributed by atoms with Gasteiger partial charge >= 0.3 is 0 Å². The molecule has 8 heteroatoms. The second-order valence-electron chi connectivity index (χ2n) is 8.86. The molecule has 2 aromatic carbocycles. The normalized spacial score (nSPS) is 18.5. The quantitative estimate of drug-likeness (QED) is 0.330. The minimum Gasteiger partial charge on any atom is -0.441 e. The van der Waals surface area contributed by atoms with Gasteiger partial charge in [0.15, 0.2) is 11.5 Å². The number of hydrogen-bond donors (Lipinski definition) is 0. The molecule has 176 valence electrons. The molecular weight excluding hydrogens is 456 g/mol. The lowest BCUT2D eigenvalue weighted by molar-refractivity contribution is 0.0491. The van der Waals surface area contributed by atoms with Crippen LogP contribution >= 0.6 is 11.3 Å². The fourth-order valence-electron chi connectivity index (χ4n) is 4.77. The van der Waals surface area contributed by atoms with Crippen LogP contribution in [0.5, 0.6) is 0 Å². The van der Waals surface area contributed by atoms with E-state index in [9.17, 15) is 13.6 Å². The van der Waals surface area contributed by atoms with E-state index in [1.54, 1.807) is 18.2 Å². The summed E-state index contributed by atoms with van der Waals surface area (Å²) in [6, 6.07) is 10.5. The molecule has 1 saturated heterocycles. The molecule has 0 unspecified atom stereocenters. The summed E-state index contributed by atoms with van der Waals surface area (Å²) in [4.78, 5) is 25.4. The first-order valence-corrected chi connectivity index (χ1v) is 12.3. The number of fused-ring (bicyclic) bond motifs is 1. The van der Waals surface area contributed by atoms with Gasteiger partial charge in [-0.25, -0.2) is 18.7 Å². The lowest BCUT2D eigenvalue weighted by Gasteiger charge is -2.40. The fraction of sp³-hybridized carbons (Fsp3) is 0.346. The number of nitrogens with zero attached hydrogens (tertiary/aromatic N) is 3. The van der Waals surface area contributed by atoms with Crippen molar-refractivity contribution in [3.05, 3.63) is 70.7 Å². The van der Waals surface area contributed by atoms with Crippen molar-refractivity contribution in [3.63, 3.8) is 0 Å². The van der Waals surface area contributed by atoms with Crippen LogP contribution in [0.15, 0.2) is 46.9 Å². The lowest BCUT2D eigenvalue weighted by atomic mass is 9.87. The zero-order valence-electron chi connectivity index (χ0n) is 19.1. The molecule has 1 amide bonds. The van der Waals surface area contributed by atoms with Crippen molar-refractivity contribution in [1.29, 1.82) is 0 Å². The first kappa shape index (κ1) is 22.7. The molecule has 5 rings (SSSR count). The number of likely N-dealkylation sites (tertiary alicyclic amines) is 1. The maximum atomic E-state index is 13.7. The van der Waals surface area contributed by atoms with Gasteiger partial charge in [0.25, 0.3) is 5.91 Å². The number of halogens is 2. The Bertz CT molecular complexity index is 1330. The molecule has 34 heavy (non-hydrogen) atoms. The molecule has 1 aliphatic heterocycles. The summed E-state index contributed by atoms with van der Waals surface area (Å²) in [7, 11) is 0.